The van der Waals surface area contributed by atoms with Crippen LogP contribution in [0.5, 0.6) is 0 Å². The zero-order chi connectivity index (χ0) is 15.9. The number of thioether (sulfide) groups is 1. The average molecular weight is 382 g/mol. The van der Waals surface area contributed by atoms with Crippen molar-refractivity contribution < 1.29 is 17.0 Å². The van der Waals surface area contributed by atoms with Crippen LogP contribution in [0.3, 0.4) is 0 Å². The molecule has 0 spiro atoms. The van der Waals surface area contributed by atoms with Gasteiger partial charge in [0.15, 0.2) is 0 Å². The summed E-state index contributed by atoms with van der Waals surface area (Å²) < 4.78 is 5.31. The number of aromatic nitrogens is 1. The Morgan fingerprint density at radius 3 is 2.00 bits per heavy atom. The van der Waals surface area contributed by atoms with E-state index in [1.807, 2.05) is 23.1 Å². The summed E-state index contributed by atoms with van der Waals surface area (Å²) in [5.74, 6) is 0. The zero-order valence-electron chi connectivity index (χ0n) is 13.4. The molecule has 0 fully saturated rings. The van der Waals surface area contributed by atoms with Crippen molar-refractivity contribution in [1.29, 1.82) is 0 Å². The molecule has 0 saturated heterocycles. The van der Waals surface area contributed by atoms with E-state index in [0.29, 0.717) is 11.3 Å². The predicted octanol–water partition coefficient (Wildman–Crippen LogP) is 2.63. The highest BCUT2D eigenvalue weighted by atomic mass is 35.5. The Balaban J connectivity index is 0.00000157. The van der Waals surface area contributed by atoms with E-state index in [0.717, 1.165) is 0 Å². The van der Waals surface area contributed by atoms with Gasteiger partial charge in [-0.25, -0.2) is 0 Å². The molecule has 0 N–H and O–H groups in total. The molecule has 5 rings (SSSR count). The van der Waals surface area contributed by atoms with Crippen LogP contribution in [0.2, 0.25) is 0 Å². The van der Waals surface area contributed by atoms with Gasteiger partial charge in [-0.15, -0.1) is 0 Å². The maximum absolute atomic E-state index is 2.54. The Kier molecular flexibility index (Phi) is 4.55. The summed E-state index contributed by atoms with van der Waals surface area (Å²) in [6.07, 6.45) is 0. The molecule has 1 aromatic heterocycles. The Hall–Kier alpha value is -1.81. The van der Waals surface area contributed by atoms with Crippen LogP contribution in [0, 0.1) is 0 Å². The second kappa shape index (κ2) is 6.83. The molecule has 25 heavy (non-hydrogen) atoms. The third kappa shape index (κ3) is 2.77. The number of fused-ring (bicyclic) bond motifs is 3. The lowest BCUT2D eigenvalue weighted by Gasteiger charge is -2.15. The fraction of sp³-hybridized carbons (Fsp3) is 0.0952. The minimum Gasteiger partial charge on any atom is -1.00 e. The number of nitrogens with zero attached hydrogens (tertiary/aromatic N) is 1. The number of hydrogen-bond donors (Lipinski definition) is 0. The largest absolute Gasteiger partial charge is 1.00 e. The van der Waals surface area contributed by atoms with Crippen molar-refractivity contribution in [2.45, 2.75) is 15.6 Å². The topological polar surface area (TPSA) is 3.88 Å². The van der Waals surface area contributed by atoms with Crippen molar-refractivity contribution in [3.05, 3.63) is 96.1 Å². The molecule has 2 atom stereocenters. The third-order valence-electron chi connectivity index (χ3n) is 4.58. The predicted molar refractivity (Wildman–Crippen MR) is 102 cm³/mol. The lowest BCUT2D eigenvalue weighted by atomic mass is 9.98. The van der Waals surface area contributed by atoms with Crippen molar-refractivity contribution in [2.75, 3.05) is 0 Å². The lowest BCUT2D eigenvalue weighted by Crippen LogP contribution is -3.00. The minimum absolute atomic E-state index is 0. The van der Waals surface area contributed by atoms with Crippen LogP contribution in [0.15, 0.2) is 89.3 Å². The number of para-hydroxylation sites is 1. The van der Waals surface area contributed by atoms with Crippen LogP contribution >= 0.6 is 23.1 Å². The molecule has 2 heterocycles. The maximum atomic E-state index is 2.54. The summed E-state index contributed by atoms with van der Waals surface area (Å²) in [4.78, 5) is 0. The van der Waals surface area contributed by atoms with Gasteiger partial charge >= 0.3 is 0 Å². The Bertz CT molecular complexity index is 998. The van der Waals surface area contributed by atoms with Crippen LogP contribution in [0.25, 0.3) is 10.2 Å². The second-order valence-electron chi connectivity index (χ2n) is 6.01. The lowest BCUT2D eigenvalue weighted by molar-refractivity contribution is -0.712. The summed E-state index contributed by atoms with van der Waals surface area (Å²) in [5, 5.41) is 0.421. The van der Waals surface area contributed by atoms with Crippen LogP contribution in [-0.2, 0) is 0 Å². The molecule has 0 radical (unpaired) electrons. The minimum atomic E-state index is 0. The van der Waals surface area contributed by atoms with E-state index in [9.17, 15) is 0 Å². The molecule has 3 aromatic carbocycles. The number of thiazole rings is 1. The van der Waals surface area contributed by atoms with E-state index in [1.165, 1.54) is 25.7 Å². The Morgan fingerprint density at radius 1 is 0.680 bits per heavy atom. The standard InChI is InChI=1S/C21H16NS2.ClH/c1-3-9-15(10-4-1)19-20(16-11-5-2-6-12-16)24-21-22(19)17-13-7-8-14-18(17)23-21;/h1-14,19-20H;1H/q+1;/p-1. The SMILES string of the molecule is [Cl-].c1ccc(C2Sc3sc4ccccc4[n+]3C2c2ccccc2)cc1. The molecule has 1 aliphatic rings. The Labute approximate surface area is 161 Å². The molecule has 1 aliphatic heterocycles. The molecular weight excluding hydrogens is 366 g/mol. The first kappa shape index (κ1) is 16.6. The average Bonchev–Trinajstić information content (AvgIpc) is 3.19. The van der Waals surface area contributed by atoms with Crippen molar-refractivity contribution >= 4 is 33.3 Å². The van der Waals surface area contributed by atoms with Gasteiger partial charge in [-0.2, -0.15) is 4.57 Å². The van der Waals surface area contributed by atoms with Gasteiger partial charge < -0.3 is 12.4 Å². The zero-order valence-corrected chi connectivity index (χ0v) is 15.8. The number of halogens is 1. The molecular formula is C21H16ClNS2. The first-order valence-electron chi connectivity index (χ1n) is 8.11. The van der Waals surface area contributed by atoms with E-state index in [4.69, 9.17) is 0 Å². The molecule has 124 valence electrons. The van der Waals surface area contributed by atoms with Crippen molar-refractivity contribution in [2.24, 2.45) is 0 Å². The highest BCUT2D eigenvalue weighted by Gasteiger charge is 2.46. The van der Waals surface area contributed by atoms with Crippen LogP contribution in [-0.4, -0.2) is 0 Å². The third-order valence-corrected chi connectivity index (χ3v) is 7.24. The molecule has 0 saturated carbocycles. The molecule has 0 amide bonds. The first-order chi connectivity index (χ1) is 11.9. The maximum Gasteiger partial charge on any atom is 0.299 e. The fourth-order valence-corrected chi connectivity index (χ4v) is 6.44. The van der Waals surface area contributed by atoms with Gasteiger partial charge in [0, 0.05) is 11.6 Å². The monoisotopic (exact) mass is 381 g/mol. The Morgan fingerprint density at radius 2 is 1.28 bits per heavy atom. The quantitative estimate of drug-likeness (QED) is 0.483. The van der Waals surface area contributed by atoms with Crippen LogP contribution < -0.4 is 17.0 Å². The number of benzene rings is 3. The summed E-state index contributed by atoms with van der Waals surface area (Å²) >= 11 is 3.91. The smallest absolute Gasteiger partial charge is 0.299 e. The molecule has 1 nitrogen and oxygen atoms in total. The van der Waals surface area contributed by atoms with Gasteiger partial charge in [0.05, 0.1) is 0 Å². The van der Waals surface area contributed by atoms with Gasteiger partial charge in [0.25, 0.3) is 4.34 Å². The van der Waals surface area contributed by atoms with Gasteiger partial charge in [0.1, 0.15) is 9.95 Å². The van der Waals surface area contributed by atoms with E-state index in [1.54, 1.807) is 0 Å². The van der Waals surface area contributed by atoms with E-state index < -0.39 is 0 Å². The molecule has 4 aromatic rings. The van der Waals surface area contributed by atoms with Gasteiger partial charge in [-0.3, -0.25) is 0 Å². The molecule has 4 heteroatoms. The summed E-state index contributed by atoms with van der Waals surface area (Å²) in [6, 6.07) is 30.9. The second-order valence-corrected chi connectivity index (χ2v) is 8.43. The van der Waals surface area contributed by atoms with Gasteiger partial charge in [0.2, 0.25) is 11.6 Å². The van der Waals surface area contributed by atoms with E-state index in [-0.39, 0.29) is 12.4 Å². The number of rotatable bonds is 2. The summed E-state index contributed by atoms with van der Waals surface area (Å²) in [6.45, 7) is 0. The highest BCUT2D eigenvalue weighted by molar-refractivity contribution is 8.01. The van der Waals surface area contributed by atoms with E-state index >= 15 is 0 Å². The van der Waals surface area contributed by atoms with Crippen molar-refractivity contribution in [3.63, 3.8) is 0 Å². The van der Waals surface area contributed by atoms with Crippen LogP contribution in [0.1, 0.15) is 22.4 Å². The van der Waals surface area contributed by atoms with Crippen molar-refractivity contribution in [3.8, 4) is 0 Å². The molecule has 0 bridgehead atoms. The van der Waals surface area contributed by atoms with Gasteiger partial charge in [-0.05, 0) is 23.4 Å². The summed E-state index contributed by atoms with van der Waals surface area (Å²) in [7, 11) is 0. The first-order valence-corrected chi connectivity index (χ1v) is 9.81. The van der Waals surface area contributed by atoms with Crippen LogP contribution in [0.4, 0.5) is 0 Å². The van der Waals surface area contributed by atoms with Gasteiger partial charge in [-0.1, -0.05) is 84.1 Å². The van der Waals surface area contributed by atoms with E-state index in [2.05, 4.69) is 89.5 Å². The van der Waals surface area contributed by atoms with Crippen molar-refractivity contribution in [1.82, 2.24) is 0 Å². The normalized spacial score (nSPS) is 18.7. The molecule has 0 aliphatic carbocycles. The fourth-order valence-electron chi connectivity index (χ4n) is 3.50. The number of hydrogen-bond acceptors (Lipinski definition) is 2. The molecule has 2 unspecified atom stereocenters. The summed E-state index contributed by atoms with van der Waals surface area (Å²) in [5.41, 5.74) is 4.12. The highest BCUT2D eigenvalue weighted by Crippen LogP contribution is 2.51.